The van der Waals surface area contributed by atoms with Crippen molar-refractivity contribution < 1.29 is 13.9 Å². The first-order chi connectivity index (χ1) is 14.1. The van der Waals surface area contributed by atoms with Gasteiger partial charge in [0.05, 0.1) is 12.8 Å². The van der Waals surface area contributed by atoms with E-state index in [2.05, 4.69) is 25.0 Å². The van der Waals surface area contributed by atoms with Gasteiger partial charge >= 0.3 is 0 Å². The third-order valence-electron chi connectivity index (χ3n) is 4.15. The summed E-state index contributed by atoms with van der Waals surface area (Å²) in [5.41, 5.74) is 2.13. The zero-order valence-corrected chi connectivity index (χ0v) is 16.3. The Bertz CT molecular complexity index is 1190. The maximum atomic E-state index is 13.3. The summed E-state index contributed by atoms with van der Waals surface area (Å²) in [5, 5.41) is 11.3. The van der Waals surface area contributed by atoms with Crippen LogP contribution in [0, 0.1) is 12.7 Å². The van der Waals surface area contributed by atoms with Crippen molar-refractivity contribution in [3.05, 3.63) is 65.6 Å². The maximum Gasteiger partial charge on any atom is 0.257 e. The summed E-state index contributed by atoms with van der Waals surface area (Å²) < 4.78 is 24.6. The monoisotopic (exact) mass is 410 g/mol. The van der Waals surface area contributed by atoms with E-state index in [4.69, 9.17) is 4.74 Å². The minimum atomic E-state index is -0.487. The van der Waals surface area contributed by atoms with Crippen molar-refractivity contribution in [2.24, 2.45) is 0 Å². The first-order valence-electron chi connectivity index (χ1n) is 8.53. The molecular weight excluding hydrogens is 395 g/mol. The number of aromatic nitrogens is 5. The Balaban J connectivity index is 1.59. The highest BCUT2D eigenvalue weighted by Gasteiger charge is 2.19. The number of halogens is 1. The maximum absolute atomic E-state index is 13.3. The van der Waals surface area contributed by atoms with Gasteiger partial charge in [0, 0.05) is 17.1 Å². The number of anilines is 1. The Hall–Kier alpha value is -3.66. The van der Waals surface area contributed by atoms with Crippen LogP contribution in [0.4, 0.5) is 9.52 Å². The second-order valence-electron chi connectivity index (χ2n) is 5.99. The molecule has 4 aromatic rings. The topological polar surface area (TPSA) is 94.8 Å². The smallest absolute Gasteiger partial charge is 0.257 e. The van der Waals surface area contributed by atoms with Gasteiger partial charge < -0.3 is 4.74 Å². The molecule has 0 aliphatic carbocycles. The largest absolute Gasteiger partial charge is 0.494 e. The van der Waals surface area contributed by atoms with E-state index in [0.29, 0.717) is 17.3 Å². The van der Waals surface area contributed by atoms with Crippen molar-refractivity contribution in [1.82, 2.24) is 24.4 Å². The lowest BCUT2D eigenvalue weighted by Crippen LogP contribution is -2.11. The van der Waals surface area contributed by atoms with E-state index in [9.17, 15) is 9.18 Å². The Morgan fingerprint density at radius 1 is 1.21 bits per heavy atom. The van der Waals surface area contributed by atoms with Crippen LogP contribution >= 0.6 is 11.5 Å². The van der Waals surface area contributed by atoms with E-state index in [1.807, 2.05) is 31.2 Å². The van der Waals surface area contributed by atoms with Crippen molar-refractivity contribution in [2.45, 2.75) is 6.92 Å². The average Bonchev–Trinajstić information content (AvgIpc) is 3.34. The molecule has 0 saturated carbocycles. The molecule has 2 aromatic heterocycles. The van der Waals surface area contributed by atoms with Gasteiger partial charge in [-0.05, 0) is 37.3 Å². The number of benzene rings is 2. The normalized spacial score (nSPS) is 10.7. The summed E-state index contributed by atoms with van der Waals surface area (Å²) in [4.78, 5) is 16.6. The van der Waals surface area contributed by atoms with Gasteiger partial charge in [0.1, 0.15) is 17.3 Å². The van der Waals surface area contributed by atoms with Gasteiger partial charge in [-0.15, -0.1) is 5.10 Å². The number of para-hydroxylation sites is 2. The molecule has 0 bridgehead atoms. The zero-order chi connectivity index (χ0) is 20.4. The van der Waals surface area contributed by atoms with Crippen LogP contribution < -0.4 is 10.1 Å². The standard InChI is InChI=1S/C19H15FN6O2S/c1-11-16(23-25-26(11)14-8-3-4-9-15(14)28-2)17-21-19(29-24-17)22-18(27)12-6-5-7-13(20)10-12/h3-10H,1-2H3,(H,21,22,24,27). The Morgan fingerprint density at radius 3 is 2.83 bits per heavy atom. The first kappa shape index (κ1) is 18.7. The Morgan fingerprint density at radius 2 is 2.03 bits per heavy atom. The van der Waals surface area contributed by atoms with Crippen LogP contribution in [0.25, 0.3) is 17.2 Å². The molecule has 0 saturated heterocycles. The molecule has 1 N–H and O–H groups in total. The highest BCUT2D eigenvalue weighted by molar-refractivity contribution is 7.10. The molecule has 1 amide bonds. The van der Waals surface area contributed by atoms with Crippen molar-refractivity contribution in [3.8, 4) is 23.0 Å². The molecule has 0 aliphatic rings. The number of rotatable bonds is 5. The number of hydrogen-bond donors (Lipinski definition) is 1. The van der Waals surface area contributed by atoms with Crippen LogP contribution in [0.1, 0.15) is 16.1 Å². The van der Waals surface area contributed by atoms with Crippen molar-refractivity contribution in [3.63, 3.8) is 0 Å². The summed E-state index contributed by atoms with van der Waals surface area (Å²) in [7, 11) is 1.58. The van der Waals surface area contributed by atoms with E-state index in [0.717, 1.165) is 29.0 Å². The fraction of sp³-hybridized carbons (Fsp3) is 0.105. The first-order valence-corrected chi connectivity index (χ1v) is 9.31. The van der Waals surface area contributed by atoms with Crippen LogP contribution in [-0.4, -0.2) is 37.4 Å². The number of nitrogens with zero attached hydrogens (tertiary/aromatic N) is 5. The number of carbonyl (C=O) groups is 1. The van der Waals surface area contributed by atoms with Gasteiger partial charge in [-0.2, -0.15) is 9.36 Å². The molecule has 146 valence electrons. The Labute approximate surface area is 169 Å². The van der Waals surface area contributed by atoms with E-state index in [-0.39, 0.29) is 10.7 Å². The van der Waals surface area contributed by atoms with Gasteiger partial charge in [-0.1, -0.05) is 23.4 Å². The van der Waals surface area contributed by atoms with Crippen LogP contribution in [0.3, 0.4) is 0 Å². The molecule has 0 fully saturated rings. The second-order valence-corrected chi connectivity index (χ2v) is 6.75. The van der Waals surface area contributed by atoms with Crippen molar-refractivity contribution in [2.75, 3.05) is 12.4 Å². The lowest BCUT2D eigenvalue weighted by Gasteiger charge is -2.08. The van der Waals surface area contributed by atoms with Crippen molar-refractivity contribution in [1.29, 1.82) is 0 Å². The van der Waals surface area contributed by atoms with E-state index >= 15 is 0 Å². The fourth-order valence-corrected chi connectivity index (χ4v) is 3.30. The SMILES string of the molecule is COc1ccccc1-n1nnc(-c2nsc(NC(=O)c3cccc(F)c3)n2)c1C. The number of methoxy groups -OCH3 is 1. The molecular formula is C19H15FN6O2S. The molecule has 10 heteroatoms. The van der Waals surface area contributed by atoms with Gasteiger partial charge in [0.25, 0.3) is 5.91 Å². The molecule has 0 unspecified atom stereocenters. The predicted molar refractivity (Wildman–Crippen MR) is 106 cm³/mol. The van der Waals surface area contributed by atoms with E-state index < -0.39 is 11.7 Å². The van der Waals surface area contributed by atoms with Crippen LogP contribution in [0.15, 0.2) is 48.5 Å². The minimum absolute atomic E-state index is 0.194. The van der Waals surface area contributed by atoms with E-state index in [1.54, 1.807) is 11.8 Å². The third-order valence-corrected chi connectivity index (χ3v) is 4.78. The van der Waals surface area contributed by atoms with Crippen LogP contribution in [0.5, 0.6) is 5.75 Å². The number of carbonyl (C=O) groups excluding carboxylic acids is 1. The van der Waals surface area contributed by atoms with Crippen molar-refractivity contribution >= 4 is 22.6 Å². The summed E-state index contributed by atoms with van der Waals surface area (Å²) >= 11 is 1.00. The van der Waals surface area contributed by atoms with Crippen LogP contribution in [0.2, 0.25) is 0 Å². The van der Waals surface area contributed by atoms with Gasteiger partial charge in [0.15, 0.2) is 11.5 Å². The molecule has 0 radical (unpaired) electrons. The third kappa shape index (κ3) is 3.69. The number of ether oxygens (including phenoxy) is 1. The lowest BCUT2D eigenvalue weighted by molar-refractivity contribution is 0.102. The Kier molecular flexibility index (Phi) is 5.00. The molecule has 0 atom stereocenters. The summed E-state index contributed by atoms with van der Waals surface area (Å²) in [5.74, 6) is 0.0327. The number of hydrogen-bond acceptors (Lipinski definition) is 7. The highest BCUT2D eigenvalue weighted by Crippen LogP contribution is 2.27. The molecule has 0 aliphatic heterocycles. The number of nitrogens with one attached hydrogen (secondary N) is 1. The average molecular weight is 410 g/mol. The van der Waals surface area contributed by atoms with E-state index in [1.165, 1.54) is 18.2 Å². The molecule has 2 aromatic carbocycles. The quantitative estimate of drug-likeness (QED) is 0.541. The fourth-order valence-electron chi connectivity index (χ4n) is 2.74. The summed E-state index contributed by atoms with van der Waals surface area (Å²) in [6.45, 7) is 1.84. The predicted octanol–water partition coefficient (Wildman–Crippen LogP) is 3.49. The molecule has 0 spiro atoms. The highest BCUT2D eigenvalue weighted by atomic mass is 32.1. The lowest BCUT2D eigenvalue weighted by atomic mass is 10.2. The molecule has 8 nitrogen and oxygen atoms in total. The van der Waals surface area contributed by atoms with Gasteiger partial charge in [-0.3, -0.25) is 10.1 Å². The summed E-state index contributed by atoms with van der Waals surface area (Å²) in [6, 6.07) is 12.8. The minimum Gasteiger partial charge on any atom is -0.494 e. The number of amides is 1. The van der Waals surface area contributed by atoms with Gasteiger partial charge in [-0.25, -0.2) is 9.07 Å². The van der Waals surface area contributed by atoms with Crippen LogP contribution in [-0.2, 0) is 0 Å². The summed E-state index contributed by atoms with van der Waals surface area (Å²) in [6.07, 6.45) is 0. The molecule has 4 rings (SSSR count). The molecule has 29 heavy (non-hydrogen) atoms. The molecule has 2 heterocycles. The van der Waals surface area contributed by atoms with Gasteiger partial charge in [0.2, 0.25) is 5.13 Å². The zero-order valence-electron chi connectivity index (χ0n) is 15.5. The second kappa shape index (κ2) is 7.76.